The molecule has 0 aromatic carbocycles. The predicted molar refractivity (Wildman–Crippen MR) is 110 cm³/mol. The lowest BCUT2D eigenvalue weighted by Crippen LogP contribution is -2.31. The second-order valence-electron chi connectivity index (χ2n) is 7.12. The third-order valence-electron chi connectivity index (χ3n) is 4.76. The van der Waals surface area contributed by atoms with Crippen molar-refractivity contribution in [3.63, 3.8) is 0 Å². The topological polar surface area (TPSA) is 100 Å². The van der Waals surface area contributed by atoms with Crippen molar-refractivity contribution in [3.05, 3.63) is 42.5 Å². The van der Waals surface area contributed by atoms with Crippen LogP contribution in [0.15, 0.2) is 41.3 Å². The molecule has 1 saturated heterocycles. The molecule has 0 spiro atoms. The van der Waals surface area contributed by atoms with E-state index in [4.69, 9.17) is 4.52 Å². The molecule has 0 atom stereocenters. The second kappa shape index (κ2) is 8.26. The van der Waals surface area contributed by atoms with Crippen molar-refractivity contribution in [1.82, 2.24) is 20.1 Å². The molecule has 1 aliphatic rings. The molecule has 29 heavy (non-hydrogen) atoms. The smallest absolute Gasteiger partial charge is 0.278 e. The van der Waals surface area contributed by atoms with Gasteiger partial charge in [0.1, 0.15) is 5.69 Å². The fourth-order valence-electron chi connectivity index (χ4n) is 3.25. The highest BCUT2D eigenvalue weighted by atomic mass is 16.5. The Morgan fingerprint density at radius 2 is 2.03 bits per heavy atom. The number of aromatic nitrogens is 4. The van der Waals surface area contributed by atoms with Crippen LogP contribution in [0.3, 0.4) is 0 Å². The van der Waals surface area contributed by atoms with Gasteiger partial charge in [0.2, 0.25) is 5.95 Å². The monoisotopic (exact) mass is 393 g/mol. The van der Waals surface area contributed by atoms with Gasteiger partial charge in [-0.1, -0.05) is 5.16 Å². The summed E-state index contributed by atoms with van der Waals surface area (Å²) >= 11 is 0. The molecule has 1 N–H and O–H groups in total. The summed E-state index contributed by atoms with van der Waals surface area (Å²) in [6, 6.07) is 5.22. The van der Waals surface area contributed by atoms with Crippen molar-refractivity contribution < 1.29 is 9.32 Å². The molecular formula is C20H23N7O2. The van der Waals surface area contributed by atoms with Gasteiger partial charge in [-0.15, -0.1) is 0 Å². The average molecular weight is 393 g/mol. The van der Waals surface area contributed by atoms with Crippen LogP contribution in [0.5, 0.6) is 0 Å². The third kappa shape index (κ3) is 4.18. The molecule has 1 amide bonds. The molecule has 4 rings (SSSR count). The summed E-state index contributed by atoms with van der Waals surface area (Å²) in [6.45, 7) is 1.91. The summed E-state index contributed by atoms with van der Waals surface area (Å²) in [4.78, 5) is 29.9. The van der Waals surface area contributed by atoms with Crippen LogP contribution in [0.4, 0.5) is 17.5 Å². The van der Waals surface area contributed by atoms with Crippen molar-refractivity contribution in [3.8, 4) is 11.3 Å². The molecule has 1 fully saturated rings. The van der Waals surface area contributed by atoms with Crippen molar-refractivity contribution in [2.75, 3.05) is 42.3 Å². The van der Waals surface area contributed by atoms with Crippen LogP contribution in [-0.4, -0.2) is 53.2 Å². The van der Waals surface area contributed by atoms with Crippen LogP contribution < -0.4 is 15.1 Å². The summed E-state index contributed by atoms with van der Waals surface area (Å²) < 4.78 is 5.29. The summed E-state index contributed by atoms with van der Waals surface area (Å²) in [5, 5.41) is 6.72. The first-order valence-electron chi connectivity index (χ1n) is 9.59. The molecule has 4 heterocycles. The minimum Gasteiger partial charge on any atom is -0.361 e. The quantitative estimate of drug-likeness (QED) is 0.706. The maximum Gasteiger partial charge on any atom is 0.278 e. The molecule has 0 aliphatic carbocycles. The van der Waals surface area contributed by atoms with E-state index in [2.05, 4.69) is 30.3 Å². The first-order chi connectivity index (χ1) is 14.1. The molecule has 3 aromatic rings. The maximum atomic E-state index is 12.7. The van der Waals surface area contributed by atoms with E-state index < -0.39 is 0 Å². The molecule has 3 aromatic heterocycles. The highest BCUT2D eigenvalue weighted by Crippen LogP contribution is 2.26. The molecule has 0 radical (unpaired) electrons. The van der Waals surface area contributed by atoms with Crippen LogP contribution in [-0.2, 0) is 0 Å². The number of hydrogen-bond donors (Lipinski definition) is 1. The van der Waals surface area contributed by atoms with E-state index in [0.29, 0.717) is 23.2 Å². The highest BCUT2D eigenvalue weighted by Gasteiger charge is 2.20. The summed E-state index contributed by atoms with van der Waals surface area (Å²) in [5.41, 5.74) is 1.45. The highest BCUT2D eigenvalue weighted by molar-refractivity contribution is 6.04. The fraction of sp³-hybridized carbons (Fsp3) is 0.350. The predicted octanol–water partition coefficient (Wildman–Crippen LogP) is 2.84. The van der Waals surface area contributed by atoms with E-state index in [-0.39, 0.29) is 11.6 Å². The number of pyridine rings is 1. The van der Waals surface area contributed by atoms with E-state index in [9.17, 15) is 4.79 Å². The van der Waals surface area contributed by atoms with E-state index in [0.717, 1.165) is 31.5 Å². The van der Waals surface area contributed by atoms with Gasteiger partial charge in [0, 0.05) is 51.2 Å². The minimum absolute atomic E-state index is 0.175. The zero-order valence-corrected chi connectivity index (χ0v) is 16.5. The Balaban J connectivity index is 1.54. The van der Waals surface area contributed by atoms with Gasteiger partial charge in [-0.05, 0) is 31.4 Å². The fourth-order valence-corrected chi connectivity index (χ4v) is 3.25. The van der Waals surface area contributed by atoms with E-state index in [1.165, 1.54) is 6.42 Å². The summed E-state index contributed by atoms with van der Waals surface area (Å²) in [7, 11) is 3.77. The van der Waals surface area contributed by atoms with Gasteiger partial charge in [-0.2, -0.15) is 4.98 Å². The lowest BCUT2D eigenvalue weighted by Gasteiger charge is -2.27. The summed E-state index contributed by atoms with van der Waals surface area (Å²) in [6.07, 6.45) is 8.49. The number of nitrogens with zero attached hydrogens (tertiary/aromatic N) is 6. The Kier molecular flexibility index (Phi) is 5.37. The maximum absolute atomic E-state index is 12.7. The Bertz CT molecular complexity index is 982. The molecular weight excluding hydrogens is 370 g/mol. The zero-order valence-electron chi connectivity index (χ0n) is 16.5. The van der Waals surface area contributed by atoms with Crippen molar-refractivity contribution in [1.29, 1.82) is 0 Å². The molecule has 1 aliphatic heterocycles. The number of rotatable bonds is 5. The number of amides is 1. The van der Waals surface area contributed by atoms with Crippen LogP contribution in [0.1, 0.15) is 29.8 Å². The second-order valence-corrected chi connectivity index (χ2v) is 7.12. The van der Waals surface area contributed by atoms with E-state index in [1.807, 2.05) is 25.1 Å². The Morgan fingerprint density at radius 1 is 1.21 bits per heavy atom. The Morgan fingerprint density at radius 3 is 2.76 bits per heavy atom. The molecule has 9 nitrogen and oxygen atoms in total. The van der Waals surface area contributed by atoms with Gasteiger partial charge in [0.25, 0.3) is 5.91 Å². The molecule has 0 bridgehead atoms. The minimum atomic E-state index is -0.388. The number of nitrogens with one attached hydrogen (secondary N) is 1. The molecule has 0 unspecified atom stereocenters. The number of carbonyl (C=O) groups excluding carboxylic acids is 1. The average Bonchev–Trinajstić information content (AvgIpc) is 3.26. The van der Waals surface area contributed by atoms with Gasteiger partial charge in [0.05, 0.1) is 6.20 Å². The molecule has 150 valence electrons. The van der Waals surface area contributed by atoms with Crippen LogP contribution >= 0.6 is 0 Å². The molecule has 9 heteroatoms. The number of anilines is 3. The standard InChI is InChI=1S/C20H23N7O2/c1-26(2)18-16(13-22-20(24-18)27-9-4-3-5-10-27)23-19(28)15-11-17(29-25-15)14-7-6-8-21-12-14/h6-8,11-13H,3-5,9-10H2,1-2H3,(H,23,28). The third-order valence-corrected chi connectivity index (χ3v) is 4.76. The van der Waals surface area contributed by atoms with Crippen LogP contribution in [0.25, 0.3) is 11.3 Å². The van der Waals surface area contributed by atoms with Crippen molar-refractivity contribution in [2.24, 2.45) is 0 Å². The first-order valence-corrected chi connectivity index (χ1v) is 9.59. The number of piperidine rings is 1. The SMILES string of the molecule is CN(C)c1nc(N2CCCCC2)ncc1NC(=O)c1cc(-c2cccnc2)on1. The Hall–Kier alpha value is -3.49. The van der Waals surface area contributed by atoms with Gasteiger partial charge in [-0.25, -0.2) is 4.98 Å². The van der Waals surface area contributed by atoms with Gasteiger partial charge in [0.15, 0.2) is 17.3 Å². The van der Waals surface area contributed by atoms with Gasteiger partial charge >= 0.3 is 0 Å². The van der Waals surface area contributed by atoms with E-state index >= 15 is 0 Å². The normalized spacial score (nSPS) is 13.9. The molecule has 0 saturated carbocycles. The first kappa shape index (κ1) is 18.9. The van der Waals surface area contributed by atoms with Gasteiger partial charge < -0.3 is 19.6 Å². The van der Waals surface area contributed by atoms with Crippen LogP contribution in [0, 0.1) is 0 Å². The number of carbonyl (C=O) groups is 1. The lowest BCUT2D eigenvalue weighted by atomic mass is 10.1. The zero-order chi connectivity index (χ0) is 20.2. The van der Waals surface area contributed by atoms with Crippen molar-refractivity contribution in [2.45, 2.75) is 19.3 Å². The van der Waals surface area contributed by atoms with Gasteiger partial charge in [-0.3, -0.25) is 9.78 Å². The number of hydrogen-bond acceptors (Lipinski definition) is 8. The van der Waals surface area contributed by atoms with Crippen LogP contribution in [0.2, 0.25) is 0 Å². The van der Waals surface area contributed by atoms with E-state index in [1.54, 1.807) is 30.7 Å². The lowest BCUT2D eigenvalue weighted by molar-refractivity contribution is 0.101. The van der Waals surface area contributed by atoms with Crippen molar-refractivity contribution >= 4 is 23.4 Å². The Labute approximate surface area is 168 Å². The summed E-state index contributed by atoms with van der Waals surface area (Å²) in [5.74, 6) is 1.42. The largest absolute Gasteiger partial charge is 0.361 e.